The number of carbonyl (C=O) groups excluding carboxylic acids is 1. The van der Waals surface area contributed by atoms with E-state index in [4.69, 9.17) is 9.47 Å². The summed E-state index contributed by atoms with van der Waals surface area (Å²) in [6.07, 6.45) is -0.105. The number of esters is 1. The molecule has 0 aliphatic rings. The summed E-state index contributed by atoms with van der Waals surface area (Å²) in [5.41, 5.74) is 0.135. The summed E-state index contributed by atoms with van der Waals surface area (Å²) in [6.45, 7) is 3.69. The first-order valence-electron chi connectivity index (χ1n) is 6.89. The number of hydrogen-bond donors (Lipinski definition) is 1. The highest BCUT2D eigenvalue weighted by molar-refractivity contribution is 9.10. The zero-order valence-electron chi connectivity index (χ0n) is 12.6. The van der Waals surface area contributed by atoms with Crippen molar-refractivity contribution in [1.29, 1.82) is 0 Å². The first kappa shape index (κ1) is 17.0. The Morgan fingerprint density at radius 2 is 1.74 bits per heavy atom. The lowest BCUT2D eigenvalue weighted by Crippen LogP contribution is -2.15. The van der Waals surface area contributed by atoms with Crippen molar-refractivity contribution >= 4 is 27.9 Å². The maximum atomic E-state index is 12.4. The minimum Gasteiger partial charge on any atom is -0.490 e. The van der Waals surface area contributed by atoms with E-state index in [2.05, 4.69) is 15.9 Å². The van der Waals surface area contributed by atoms with E-state index in [1.165, 1.54) is 12.1 Å². The third-order valence-electron chi connectivity index (χ3n) is 2.84. The molecular formula is C17H15BrO5. The number of carboxylic acid groups (broad SMARTS) is 1. The minimum absolute atomic E-state index is 0.0231. The molecular weight excluding hydrogens is 364 g/mol. The average Bonchev–Trinajstić information content (AvgIpc) is 2.48. The Kier molecular flexibility index (Phi) is 5.39. The van der Waals surface area contributed by atoms with Gasteiger partial charge in [-0.3, -0.25) is 0 Å². The quantitative estimate of drug-likeness (QED) is 0.624. The number of rotatable bonds is 5. The lowest BCUT2D eigenvalue weighted by atomic mass is 10.2. The van der Waals surface area contributed by atoms with E-state index in [9.17, 15) is 14.7 Å². The van der Waals surface area contributed by atoms with E-state index in [0.717, 1.165) is 0 Å². The van der Waals surface area contributed by atoms with E-state index in [0.29, 0.717) is 10.2 Å². The molecule has 0 fully saturated rings. The summed E-state index contributed by atoms with van der Waals surface area (Å²) in [4.78, 5) is 23.6. The van der Waals surface area contributed by atoms with Crippen molar-refractivity contribution in [2.45, 2.75) is 20.0 Å². The molecule has 2 aromatic carbocycles. The largest absolute Gasteiger partial charge is 0.490 e. The number of carboxylic acids is 1. The Labute approximate surface area is 142 Å². The second kappa shape index (κ2) is 7.28. The molecule has 0 amide bonds. The molecule has 0 atom stereocenters. The summed E-state index contributed by atoms with van der Waals surface area (Å²) in [5, 5.41) is 9.21. The molecule has 6 heteroatoms. The number of para-hydroxylation sites is 1. The van der Waals surface area contributed by atoms with Gasteiger partial charge in [0.15, 0.2) is 0 Å². The first-order chi connectivity index (χ1) is 10.9. The maximum absolute atomic E-state index is 12.4. The molecule has 5 nitrogen and oxygen atoms in total. The number of ether oxygens (including phenoxy) is 2. The monoisotopic (exact) mass is 378 g/mol. The van der Waals surface area contributed by atoms with E-state index < -0.39 is 11.9 Å². The van der Waals surface area contributed by atoms with E-state index >= 15 is 0 Å². The number of aromatic carboxylic acids is 1. The van der Waals surface area contributed by atoms with Crippen molar-refractivity contribution in [3.05, 3.63) is 58.1 Å². The summed E-state index contributed by atoms with van der Waals surface area (Å²) in [6, 6.07) is 11.1. The number of carbonyl (C=O) groups is 2. The summed E-state index contributed by atoms with van der Waals surface area (Å²) in [5.74, 6) is -1.49. The third-order valence-corrected chi connectivity index (χ3v) is 3.34. The highest BCUT2D eigenvalue weighted by atomic mass is 79.9. The Morgan fingerprint density at radius 1 is 1.04 bits per heavy atom. The fourth-order valence-electron chi connectivity index (χ4n) is 1.91. The second-order valence-electron chi connectivity index (χ2n) is 5.00. The zero-order valence-corrected chi connectivity index (χ0v) is 14.2. The fraction of sp³-hybridized carbons (Fsp3) is 0.176. The predicted molar refractivity (Wildman–Crippen MR) is 88.3 cm³/mol. The first-order valence-corrected chi connectivity index (χ1v) is 7.68. The SMILES string of the molecule is CC(C)Oc1ccccc1C(=O)Oc1ccc(Br)cc1C(=O)O. The van der Waals surface area contributed by atoms with Crippen molar-refractivity contribution in [2.75, 3.05) is 0 Å². The van der Waals surface area contributed by atoms with Crippen LogP contribution < -0.4 is 9.47 Å². The standard InChI is InChI=1S/C17H15BrO5/c1-10(2)22-14-6-4-3-5-12(14)17(21)23-15-8-7-11(18)9-13(15)16(19)20/h3-10H,1-2H3,(H,19,20). The van der Waals surface area contributed by atoms with Crippen LogP contribution in [0.3, 0.4) is 0 Å². The van der Waals surface area contributed by atoms with Crippen molar-refractivity contribution in [1.82, 2.24) is 0 Å². The van der Waals surface area contributed by atoms with Gasteiger partial charge in [-0.15, -0.1) is 0 Å². The van der Waals surface area contributed by atoms with Gasteiger partial charge in [0.05, 0.1) is 6.10 Å². The van der Waals surface area contributed by atoms with Gasteiger partial charge in [-0.05, 0) is 44.2 Å². The molecule has 0 unspecified atom stereocenters. The molecule has 0 radical (unpaired) electrons. The van der Waals surface area contributed by atoms with Gasteiger partial charge in [-0.1, -0.05) is 28.1 Å². The summed E-state index contributed by atoms with van der Waals surface area (Å²) < 4.78 is 11.4. The Bertz CT molecular complexity index is 740. The molecule has 2 aromatic rings. The summed E-state index contributed by atoms with van der Waals surface area (Å²) in [7, 11) is 0. The lowest BCUT2D eigenvalue weighted by Gasteiger charge is -2.14. The third kappa shape index (κ3) is 4.32. The molecule has 1 N–H and O–H groups in total. The van der Waals surface area contributed by atoms with E-state index in [-0.39, 0.29) is 23.0 Å². The van der Waals surface area contributed by atoms with Crippen LogP contribution >= 0.6 is 15.9 Å². The van der Waals surface area contributed by atoms with Crippen LogP contribution in [0.2, 0.25) is 0 Å². The van der Waals surface area contributed by atoms with Crippen molar-refractivity contribution in [2.24, 2.45) is 0 Å². The number of hydrogen-bond acceptors (Lipinski definition) is 4. The molecule has 0 saturated heterocycles. The van der Waals surface area contributed by atoms with Gasteiger partial charge < -0.3 is 14.6 Å². The van der Waals surface area contributed by atoms with Crippen LogP contribution in [0.1, 0.15) is 34.6 Å². The smallest absolute Gasteiger partial charge is 0.347 e. The van der Waals surface area contributed by atoms with E-state index in [1.54, 1.807) is 30.3 Å². The molecule has 0 spiro atoms. The predicted octanol–water partition coefficient (Wildman–Crippen LogP) is 4.15. The molecule has 0 aliphatic heterocycles. The maximum Gasteiger partial charge on any atom is 0.347 e. The van der Waals surface area contributed by atoms with Crippen LogP contribution in [-0.2, 0) is 0 Å². The highest BCUT2D eigenvalue weighted by Gasteiger charge is 2.19. The molecule has 2 rings (SSSR count). The lowest BCUT2D eigenvalue weighted by molar-refractivity contribution is 0.0680. The molecule has 0 heterocycles. The molecule has 0 aliphatic carbocycles. The van der Waals surface area contributed by atoms with Gasteiger partial charge in [-0.25, -0.2) is 9.59 Å². The fourth-order valence-corrected chi connectivity index (χ4v) is 2.27. The van der Waals surface area contributed by atoms with Gasteiger partial charge in [0.25, 0.3) is 0 Å². The van der Waals surface area contributed by atoms with Crippen LogP contribution in [0.15, 0.2) is 46.9 Å². The van der Waals surface area contributed by atoms with Crippen LogP contribution in [0.5, 0.6) is 11.5 Å². The van der Waals surface area contributed by atoms with Crippen LogP contribution in [0.4, 0.5) is 0 Å². The minimum atomic E-state index is -1.18. The van der Waals surface area contributed by atoms with Crippen LogP contribution in [0.25, 0.3) is 0 Å². The zero-order chi connectivity index (χ0) is 17.0. The van der Waals surface area contributed by atoms with Crippen molar-refractivity contribution in [3.8, 4) is 11.5 Å². The Balaban J connectivity index is 2.32. The Hall–Kier alpha value is -2.34. The van der Waals surface area contributed by atoms with E-state index in [1.807, 2.05) is 13.8 Å². The van der Waals surface area contributed by atoms with Gasteiger partial charge in [0.2, 0.25) is 0 Å². The van der Waals surface area contributed by atoms with Gasteiger partial charge in [0, 0.05) is 4.47 Å². The Morgan fingerprint density at radius 3 is 2.39 bits per heavy atom. The van der Waals surface area contributed by atoms with Crippen LogP contribution in [-0.4, -0.2) is 23.1 Å². The molecule has 120 valence electrons. The average molecular weight is 379 g/mol. The van der Waals surface area contributed by atoms with Gasteiger partial charge in [0.1, 0.15) is 22.6 Å². The normalized spacial score (nSPS) is 10.4. The van der Waals surface area contributed by atoms with Crippen molar-refractivity contribution in [3.63, 3.8) is 0 Å². The van der Waals surface area contributed by atoms with Gasteiger partial charge in [-0.2, -0.15) is 0 Å². The van der Waals surface area contributed by atoms with Crippen LogP contribution in [0, 0.1) is 0 Å². The highest BCUT2D eigenvalue weighted by Crippen LogP contribution is 2.26. The number of benzene rings is 2. The molecule has 23 heavy (non-hydrogen) atoms. The number of halogens is 1. The molecule has 0 saturated carbocycles. The van der Waals surface area contributed by atoms with Gasteiger partial charge >= 0.3 is 11.9 Å². The summed E-state index contributed by atoms with van der Waals surface area (Å²) >= 11 is 3.19. The topological polar surface area (TPSA) is 72.8 Å². The van der Waals surface area contributed by atoms with Crippen molar-refractivity contribution < 1.29 is 24.2 Å². The second-order valence-corrected chi connectivity index (χ2v) is 5.91. The molecule has 0 bridgehead atoms. The molecule has 0 aromatic heterocycles.